The Morgan fingerprint density at radius 2 is 0.475 bits per heavy atom. The molecular formula is C82H160O17P2. The topological polar surface area (TPSA) is 237 Å². The first-order valence-corrected chi connectivity index (χ1v) is 45.2. The van der Waals surface area contributed by atoms with Gasteiger partial charge in [-0.2, -0.15) is 0 Å². The average molecular weight is 1480 g/mol. The van der Waals surface area contributed by atoms with Gasteiger partial charge in [0.25, 0.3) is 0 Å². The molecule has 600 valence electrons. The second-order valence-electron chi connectivity index (χ2n) is 31.2. The summed E-state index contributed by atoms with van der Waals surface area (Å²) in [5, 5.41) is 10.6. The monoisotopic (exact) mass is 1480 g/mol. The summed E-state index contributed by atoms with van der Waals surface area (Å²) in [6.07, 6.45) is 58.4. The summed E-state index contributed by atoms with van der Waals surface area (Å²) in [4.78, 5) is 73.0. The molecule has 3 N–H and O–H groups in total. The number of hydrogen-bond donors (Lipinski definition) is 3. The van der Waals surface area contributed by atoms with E-state index in [9.17, 15) is 43.2 Å². The lowest BCUT2D eigenvalue weighted by molar-refractivity contribution is -0.161. The van der Waals surface area contributed by atoms with E-state index >= 15 is 0 Å². The van der Waals surface area contributed by atoms with Gasteiger partial charge < -0.3 is 33.8 Å². The van der Waals surface area contributed by atoms with Crippen LogP contribution in [0.2, 0.25) is 0 Å². The summed E-state index contributed by atoms with van der Waals surface area (Å²) in [7, 11) is -9.92. The maximum absolute atomic E-state index is 13.1. The van der Waals surface area contributed by atoms with Crippen LogP contribution in [0.15, 0.2) is 0 Å². The lowest BCUT2D eigenvalue weighted by atomic mass is 9.99. The Balaban J connectivity index is 5.19. The van der Waals surface area contributed by atoms with Crippen LogP contribution in [-0.2, 0) is 65.4 Å². The van der Waals surface area contributed by atoms with Crippen molar-refractivity contribution in [2.24, 2.45) is 23.7 Å². The molecule has 17 nitrogen and oxygen atoms in total. The molecule has 0 aliphatic rings. The number of rotatable bonds is 79. The van der Waals surface area contributed by atoms with E-state index in [4.69, 9.17) is 37.0 Å². The smallest absolute Gasteiger partial charge is 0.462 e. The third-order valence-electron chi connectivity index (χ3n) is 19.4. The zero-order valence-electron chi connectivity index (χ0n) is 66.5. The zero-order valence-corrected chi connectivity index (χ0v) is 68.3. The molecule has 0 aromatic carbocycles. The van der Waals surface area contributed by atoms with E-state index in [1.807, 2.05) is 0 Å². The molecule has 0 aromatic heterocycles. The van der Waals surface area contributed by atoms with Crippen LogP contribution < -0.4 is 0 Å². The number of phosphoric ester groups is 2. The number of aliphatic hydroxyl groups excluding tert-OH is 1. The molecule has 0 saturated carbocycles. The minimum Gasteiger partial charge on any atom is -0.462 e. The molecule has 6 atom stereocenters. The molecule has 0 aliphatic carbocycles. The standard InChI is InChI=1S/C82H160O17P2/c1-9-75(8)61-53-45-36-30-26-27-33-39-49-57-65-82(87)98-77(68-92-79(84)62-54-46-37-31-24-20-17-16-19-23-29-35-43-51-59-73(4)5)70-96-100(88,89)94-66-76(83)67-95-101(90,91)97-71-78(69-93-80(85)63-55-47-41-40-44-52-60-74(6)7)99-81(86)64-56-48-38-32-25-21-15-13-11-10-12-14-18-22-28-34-42-50-58-72(2)3/h72-78,83H,9-71H2,1-8H3,(H,88,89)(H,90,91)/t75?,76?,77-,78-/m1/s1. The molecule has 0 rings (SSSR count). The molecular weight excluding hydrogens is 1320 g/mol. The quantitative estimate of drug-likeness (QED) is 0.0222. The molecule has 0 saturated heterocycles. The van der Waals surface area contributed by atoms with Gasteiger partial charge in [0.05, 0.1) is 26.4 Å². The number of aliphatic hydroxyl groups is 1. The highest BCUT2D eigenvalue weighted by Crippen LogP contribution is 2.45. The third kappa shape index (κ3) is 74.7. The van der Waals surface area contributed by atoms with Crippen molar-refractivity contribution in [1.82, 2.24) is 0 Å². The first-order valence-electron chi connectivity index (χ1n) is 42.2. The van der Waals surface area contributed by atoms with Crippen LogP contribution in [-0.4, -0.2) is 96.7 Å². The summed E-state index contributed by atoms with van der Waals surface area (Å²) in [6, 6.07) is 0. The Bertz CT molecular complexity index is 1970. The molecule has 0 radical (unpaired) electrons. The largest absolute Gasteiger partial charge is 0.472 e. The number of carbonyl (C=O) groups is 4. The SMILES string of the molecule is CCC(C)CCCCCCCCCCCCC(=O)O[C@H](COC(=O)CCCCCCCCCCCCCCCCC(C)C)COP(=O)(O)OCC(O)COP(=O)(O)OC[C@@H](COC(=O)CCCCCCCCC(C)C)OC(=O)CCCCCCCCCCCCCCCCCCCCC(C)C. The van der Waals surface area contributed by atoms with Crippen LogP contribution in [0, 0.1) is 23.7 Å². The van der Waals surface area contributed by atoms with E-state index in [0.29, 0.717) is 31.6 Å². The predicted octanol–water partition coefficient (Wildman–Crippen LogP) is 24.4. The van der Waals surface area contributed by atoms with Gasteiger partial charge in [0.1, 0.15) is 19.3 Å². The van der Waals surface area contributed by atoms with Crippen LogP contribution >= 0.6 is 15.6 Å². The third-order valence-corrected chi connectivity index (χ3v) is 21.3. The first kappa shape index (κ1) is 99.1. The van der Waals surface area contributed by atoms with Crippen molar-refractivity contribution in [3.8, 4) is 0 Å². The van der Waals surface area contributed by atoms with Gasteiger partial charge in [0.2, 0.25) is 0 Å². The number of phosphoric acid groups is 2. The fourth-order valence-electron chi connectivity index (χ4n) is 12.6. The van der Waals surface area contributed by atoms with E-state index in [0.717, 1.165) is 114 Å². The summed E-state index contributed by atoms with van der Waals surface area (Å²) >= 11 is 0. The van der Waals surface area contributed by atoms with E-state index < -0.39 is 97.5 Å². The molecule has 0 aromatic rings. The van der Waals surface area contributed by atoms with Crippen molar-refractivity contribution < 1.29 is 80.2 Å². The van der Waals surface area contributed by atoms with Crippen molar-refractivity contribution in [2.75, 3.05) is 39.6 Å². The van der Waals surface area contributed by atoms with Crippen molar-refractivity contribution in [3.63, 3.8) is 0 Å². The zero-order chi connectivity index (χ0) is 74.6. The molecule has 0 heterocycles. The van der Waals surface area contributed by atoms with Gasteiger partial charge in [-0.1, -0.05) is 370 Å². The molecule has 0 spiro atoms. The first-order chi connectivity index (χ1) is 48.6. The van der Waals surface area contributed by atoms with Gasteiger partial charge in [0.15, 0.2) is 12.2 Å². The van der Waals surface area contributed by atoms with Crippen LogP contribution in [0.5, 0.6) is 0 Å². The van der Waals surface area contributed by atoms with Crippen molar-refractivity contribution >= 4 is 39.5 Å². The summed E-state index contributed by atoms with van der Waals surface area (Å²) in [5.41, 5.74) is 0. The lowest BCUT2D eigenvalue weighted by Gasteiger charge is -2.21. The highest BCUT2D eigenvalue weighted by Gasteiger charge is 2.30. The Morgan fingerprint density at radius 1 is 0.277 bits per heavy atom. The fraction of sp³-hybridized carbons (Fsp3) is 0.951. The van der Waals surface area contributed by atoms with Crippen LogP contribution in [0.4, 0.5) is 0 Å². The van der Waals surface area contributed by atoms with E-state index in [2.05, 4.69) is 55.4 Å². The van der Waals surface area contributed by atoms with Gasteiger partial charge in [0, 0.05) is 25.7 Å². The van der Waals surface area contributed by atoms with Gasteiger partial charge in [-0.3, -0.25) is 37.3 Å². The number of ether oxygens (including phenoxy) is 4. The molecule has 0 bridgehead atoms. The Labute approximate surface area is 619 Å². The highest BCUT2D eigenvalue weighted by molar-refractivity contribution is 7.47. The second-order valence-corrected chi connectivity index (χ2v) is 34.1. The molecule has 4 unspecified atom stereocenters. The summed E-state index contributed by atoms with van der Waals surface area (Å²) < 4.78 is 68.7. The molecule has 0 aliphatic heterocycles. The van der Waals surface area contributed by atoms with Crippen LogP contribution in [0.25, 0.3) is 0 Å². The maximum atomic E-state index is 13.1. The number of hydrogen-bond acceptors (Lipinski definition) is 15. The summed E-state index contributed by atoms with van der Waals surface area (Å²) in [6.45, 7) is 14.3. The van der Waals surface area contributed by atoms with Gasteiger partial charge in [-0.05, 0) is 49.4 Å². The minimum atomic E-state index is -4.96. The Kier molecular flexibility index (Phi) is 69.6. The molecule has 19 heteroatoms. The van der Waals surface area contributed by atoms with Crippen molar-refractivity contribution in [1.29, 1.82) is 0 Å². The highest BCUT2D eigenvalue weighted by atomic mass is 31.2. The molecule has 101 heavy (non-hydrogen) atoms. The number of carbonyl (C=O) groups excluding carboxylic acids is 4. The maximum Gasteiger partial charge on any atom is 0.472 e. The van der Waals surface area contributed by atoms with Gasteiger partial charge in [-0.15, -0.1) is 0 Å². The lowest BCUT2D eigenvalue weighted by Crippen LogP contribution is -2.30. The van der Waals surface area contributed by atoms with Crippen molar-refractivity contribution in [3.05, 3.63) is 0 Å². The van der Waals surface area contributed by atoms with Crippen LogP contribution in [0.3, 0.4) is 0 Å². The Hall–Kier alpha value is -1.94. The number of unbranched alkanes of at least 4 members (excludes halogenated alkanes) is 44. The number of esters is 4. The fourth-order valence-corrected chi connectivity index (χ4v) is 14.2. The van der Waals surface area contributed by atoms with E-state index in [-0.39, 0.29) is 25.7 Å². The minimum absolute atomic E-state index is 0.106. The second kappa shape index (κ2) is 71.0. The molecule has 0 fully saturated rings. The Morgan fingerprint density at radius 3 is 0.703 bits per heavy atom. The van der Waals surface area contributed by atoms with Gasteiger partial charge in [-0.25, -0.2) is 9.13 Å². The van der Waals surface area contributed by atoms with Gasteiger partial charge >= 0.3 is 39.5 Å². The van der Waals surface area contributed by atoms with E-state index in [1.165, 1.54) is 218 Å². The van der Waals surface area contributed by atoms with Crippen molar-refractivity contribution in [2.45, 2.75) is 440 Å². The van der Waals surface area contributed by atoms with E-state index in [1.54, 1.807) is 0 Å². The summed E-state index contributed by atoms with van der Waals surface area (Å²) in [5.74, 6) is 0.987. The normalized spacial score (nSPS) is 14.3. The van der Waals surface area contributed by atoms with Crippen LogP contribution in [0.1, 0.15) is 421 Å². The molecule has 0 amide bonds. The predicted molar refractivity (Wildman–Crippen MR) is 414 cm³/mol. The average Bonchev–Trinajstić information content (AvgIpc) is 0.965.